The Bertz CT molecular complexity index is 1050. The fraction of sp³-hybridized carbons (Fsp3) is 0.444. The second-order valence-electron chi connectivity index (χ2n) is 8.14. The van der Waals surface area contributed by atoms with Crippen molar-refractivity contribution in [2.24, 2.45) is 5.92 Å². The molecule has 196 valence electrons. The molecule has 1 fully saturated rings. The first kappa shape index (κ1) is 28.6. The summed E-state index contributed by atoms with van der Waals surface area (Å²) >= 11 is 0. The van der Waals surface area contributed by atoms with E-state index >= 15 is 0 Å². The molecule has 0 spiro atoms. The van der Waals surface area contributed by atoms with E-state index in [9.17, 15) is 14.4 Å². The molecule has 4 rings (SSSR count). The lowest BCUT2D eigenvalue weighted by molar-refractivity contribution is -0.129. The smallest absolute Gasteiger partial charge is 0.256 e. The van der Waals surface area contributed by atoms with E-state index in [-0.39, 0.29) is 30.7 Å². The second-order valence-corrected chi connectivity index (χ2v) is 8.14. The van der Waals surface area contributed by atoms with Gasteiger partial charge >= 0.3 is 0 Å². The number of amides is 3. The normalized spacial score (nSPS) is 13.4. The topological polar surface area (TPSA) is 117 Å². The Morgan fingerprint density at radius 2 is 1.78 bits per heavy atom. The van der Waals surface area contributed by atoms with Crippen molar-refractivity contribution in [1.29, 1.82) is 0 Å². The standard InChI is InChI=1S/C16H19N3O4.C9H12O2.C2H6/c1-9-2-5-12(17-15(21)10-3-4-10)14-11(9)8-19(16(14)22)7-6-13(20)18-23;1-3-11-9-7-5-4-6-8(9)10-2;1-2/h2,5,10,23H,3-4,6-8H2,1H3,(H,17,21)(H,18,20);4-7H,3H2,1-2H3;1-2H3. The van der Waals surface area contributed by atoms with Gasteiger partial charge in [0.15, 0.2) is 11.5 Å². The van der Waals surface area contributed by atoms with Gasteiger partial charge < -0.3 is 19.7 Å². The molecule has 9 heteroatoms. The van der Waals surface area contributed by atoms with Crippen LogP contribution in [0.5, 0.6) is 11.5 Å². The lowest BCUT2D eigenvalue weighted by Gasteiger charge is -2.14. The molecular formula is C27H37N3O6. The van der Waals surface area contributed by atoms with Crippen LogP contribution >= 0.6 is 0 Å². The number of hydrogen-bond donors (Lipinski definition) is 3. The third kappa shape index (κ3) is 7.45. The van der Waals surface area contributed by atoms with Gasteiger partial charge in [-0.1, -0.05) is 32.0 Å². The lowest BCUT2D eigenvalue weighted by Crippen LogP contribution is -2.30. The van der Waals surface area contributed by atoms with Crippen molar-refractivity contribution in [2.75, 3.05) is 25.6 Å². The minimum absolute atomic E-state index is 0.0268. The predicted octanol–water partition coefficient (Wildman–Crippen LogP) is 4.31. The summed E-state index contributed by atoms with van der Waals surface area (Å²) in [5, 5.41) is 11.4. The van der Waals surface area contributed by atoms with E-state index in [2.05, 4.69) is 5.32 Å². The Balaban J connectivity index is 0.000000295. The molecule has 1 aliphatic heterocycles. The number of hydrogen-bond acceptors (Lipinski definition) is 6. The molecule has 0 unspecified atom stereocenters. The zero-order chi connectivity index (χ0) is 26.7. The van der Waals surface area contributed by atoms with Crippen molar-refractivity contribution in [3.05, 3.63) is 53.1 Å². The quantitative estimate of drug-likeness (QED) is 0.368. The minimum atomic E-state index is -0.535. The van der Waals surface area contributed by atoms with Gasteiger partial charge in [0.05, 0.1) is 25.0 Å². The van der Waals surface area contributed by atoms with Crippen LogP contribution in [0.25, 0.3) is 0 Å². The van der Waals surface area contributed by atoms with Gasteiger partial charge in [-0.3, -0.25) is 19.6 Å². The Hall–Kier alpha value is -3.59. The first-order valence-electron chi connectivity index (χ1n) is 12.3. The number of nitrogens with zero attached hydrogens (tertiary/aromatic N) is 1. The minimum Gasteiger partial charge on any atom is -0.493 e. The van der Waals surface area contributed by atoms with Crippen molar-refractivity contribution in [3.63, 3.8) is 0 Å². The summed E-state index contributed by atoms with van der Waals surface area (Å²) in [5.74, 6) is 0.884. The molecule has 3 N–H and O–H groups in total. The average molecular weight is 500 g/mol. The number of rotatable bonds is 8. The zero-order valence-electron chi connectivity index (χ0n) is 21.7. The summed E-state index contributed by atoms with van der Waals surface area (Å²) in [7, 11) is 1.64. The van der Waals surface area contributed by atoms with Crippen LogP contribution in [0, 0.1) is 12.8 Å². The van der Waals surface area contributed by atoms with Gasteiger partial charge in [-0.15, -0.1) is 0 Å². The molecule has 2 aliphatic rings. The molecule has 1 heterocycles. The van der Waals surface area contributed by atoms with Crippen molar-refractivity contribution in [1.82, 2.24) is 10.4 Å². The Labute approximate surface area is 212 Å². The number of nitrogens with one attached hydrogen (secondary N) is 2. The van der Waals surface area contributed by atoms with Crippen molar-refractivity contribution in [2.45, 2.75) is 53.5 Å². The number of fused-ring (bicyclic) bond motifs is 1. The number of anilines is 1. The molecule has 0 saturated heterocycles. The third-order valence-corrected chi connectivity index (χ3v) is 5.71. The molecule has 1 aliphatic carbocycles. The molecule has 3 amide bonds. The van der Waals surface area contributed by atoms with Gasteiger partial charge in [0.25, 0.3) is 5.91 Å². The van der Waals surface area contributed by atoms with Gasteiger partial charge in [-0.2, -0.15) is 0 Å². The fourth-order valence-electron chi connectivity index (χ4n) is 3.67. The summed E-state index contributed by atoms with van der Waals surface area (Å²) in [5.41, 5.74) is 4.48. The average Bonchev–Trinajstić information content (AvgIpc) is 3.70. The van der Waals surface area contributed by atoms with Crippen LogP contribution in [-0.4, -0.2) is 48.1 Å². The first-order valence-corrected chi connectivity index (χ1v) is 12.3. The Kier molecular flexibility index (Phi) is 11.2. The SMILES string of the molecule is CC.CCOc1ccccc1OC.Cc1ccc(NC(=O)C2CC2)c2c1CN(CCC(=O)NO)C2=O. The van der Waals surface area contributed by atoms with E-state index in [1.807, 2.05) is 58.0 Å². The number of methoxy groups -OCH3 is 1. The maximum absolute atomic E-state index is 12.6. The number of carbonyl (C=O) groups is 3. The zero-order valence-corrected chi connectivity index (χ0v) is 21.7. The number of hydroxylamine groups is 1. The lowest BCUT2D eigenvalue weighted by atomic mass is 10.0. The van der Waals surface area contributed by atoms with Gasteiger partial charge in [-0.25, -0.2) is 5.48 Å². The molecule has 1 saturated carbocycles. The van der Waals surface area contributed by atoms with Crippen LogP contribution in [0.1, 0.15) is 61.5 Å². The summed E-state index contributed by atoms with van der Waals surface area (Å²) in [6.07, 6.45) is 1.82. The number of benzene rings is 2. The summed E-state index contributed by atoms with van der Waals surface area (Å²) in [6.45, 7) is 9.16. The molecular weight excluding hydrogens is 462 g/mol. The second kappa shape index (κ2) is 14.1. The highest BCUT2D eigenvalue weighted by Gasteiger charge is 2.34. The van der Waals surface area contributed by atoms with Gasteiger partial charge in [0.1, 0.15) is 0 Å². The van der Waals surface area contributed by atoms with Crippen LogP contribution in [0.15, 0.2) is 36.4 Å². The monoisotopic (exact) mass is 499 g/mol. The van der Waals surface area contributed by atoms with Crippen LogP contribution < -0.4 is 20.3 Å². The number of ether oxygens (including phenoxy) is 2. The highest BCUT2D eigenvalue weighted by molar-refractivity contribution is 6.07. The van der Waals surface area contributed by atoms with E-state index in [0.717, 1.165) is 35.5 Å². The molecule has 0 atom stereocenters. The maximum atomic E-state index is 12.6. The van der Waals surface area contributed by atoms with E-state index in [4.69, 9.17) is 14.7 Å². The molecule has 0 aromatic heterocycles. The van der Waals surface area contributed by atoms with E-state index in [1.165, 1.54) is 0 Å². The van der Waals surface area contributed by atoms with Crippen LogP contribution in [0.3, 0.4) is 0 Å². The van der Waals surface area contributed by atoms with Gasteiger partial charge in [0, 0.05) is 25.4 Å². The number of aryl methyl sites for hydroxylation is 1. The molecule has 2 aromatic carbocycles. The maximum Gasteiger partial charge on any atom is 0.256 e. The van der Waals surface area contributed by atoms with E-state index in [0.29, 0.717) is 24.4 Å². The number of carbonyl (C=O) groups excluding carboxylic acids is 3. The van der Waals surface area contributed by atoms with Gasteiger partial charge in [-0.05, 0) is 56.0 Å². The van der Waals surface area contributed by atoms with E-state index < -0.39 is 5.91 Å². The first-order chi connectivity index (χ1) is 17.4. The Morgan fingerprint density at radius 3 is 2.36 bits per heavy atom. The van der Waals surface area contributed by atoms with Crippen LogP contribution in [-0.2, 0) is 16.1 Å². The summed E-state index contributed by atoms with van der Waals surface area (Å²) in [6, 6.07) is 11.3. The van der Waals surface area contributed by atoms with Crippen molar-refractivity contribution >= 4 is 23.4 Å². The molecule has 2 aromatic rings. The molecule has 36 heavy (non-hydrogen) atoms. The molecule has 0 radical (unpaired) electrons. The van der Waals surface area contributed by atoms with Crippen molar-refractivity contribution in [3.8, 4) is 11.5 Å². The van der Waals surface area contributed by atoms with Gasteiger partial charge in [0.2, 0.25) is 11.8 Å². The van der Waals surface area contributed by atoms with Crippen LogP contribution in [0.2, 0.25) is 0 Å². The highest BCUT2D eigenvalue weighted by Crippen LogP contribution is 2.35. The summed E-state index contributed by atoms with van der Waals surface area (Å²) in [4.78, 5) is 37.3. The number of para-hydroxylation sites is 2. The highest BCUT2D eigenvalue weighted by atomic mass is 16.5. The van der Waals surface area contributed by atoms with Crippen LogP contribution in [0.4, 0.5) is 5.69 Å². The largest absolute Gasteiger partial charge is 0.493 e. The fourth-order valence-corrected chi connectivity index (χ4v) is 3.67. The van der Waals surface area contributed by atoms with E-state index in [1.54, 1.807) is 23.6 Å². The summed E-state index contributed by atoms with van der Waals surface area (Å²) < 4.78 is 10.4. The Morgan fingerprint density at radius 1 is 1.11 bits per heavy atom. The third-order valence-electron chi connectivity index (χ3n) is 5.71. The van der Waals surface area contributed by atoms with Crippen molar-refractivity contribution < 1.29 is 29.1 Å². The molecule has 0 bridgehead atoms. The molecule has 9 nitrogen and oxygen atoms in total. The predicted molar refractivity (Wildman–Crippen MR) is 137 cm³/mol.